The molecule has 0 saturated heterocycles. The molecule has 8 heteroatoms. The van der Waals surface area contributed by atoms with Crippen LogP contribution >= 0.6 is 11.3 Å². The number of hydrogen-bond acceptors (Lipinski definition) is 5. The Morgan fingerprint density at radius 2 is 1.86 bits per heavy atom. The van der Waals surface area contributed by atoms with Crippen molar-refractivity contribution in [1.82, 2.24) is 10.3 Å². The summed E-state index contributed by atoms with van der Waals surface area (Å²) in [6, 6.07) is 5.23. The lowest BCUT2D eigenvalue weighted by atomic mass is 10.0. The van der Waals surface area contributed by atoms with E-state index in [1.807, 2.05) is 13.8 Å². The van der Waals surface area contributed by atoms with Crippen LogP contribution in [0.25, 0.3) is 11.3 Å². The molecule has 0 aliphatic rings. The van der Waals surface area contributed by atoms with E-state index >= 15 is 0 Å². The SMILES string of the molecule is CC(C)C[C@H](NC(=O)OC(C)(C)C)C(=O)Nc1nc(-c2ccc(F)cc2)cs1. The molecule has 0 aliphatic heterocycles. The van der Waals surface area contributed by atoms with Crippen LogP contribution in [0.3, 0.4) is 0 Å². The maximum atomic E-state index is 13.1. The van der Waals surface area contributed by atoms with Gasteiger partial charge in [0, 0.05) is 10.9 Å². The van der Waals surface area contributed by atoms with Gasteiger partial charge in [-0.3, -0.25) is 4.79 Å². The molecule has 2 N–H and O–H groups in total. The van der Waals surface area contributed by atoms with Gasteiger partial charge >= 0.3 is 6.09 Å². The largest absolute Gasteiger partial charge is 0.444 e. The van der Waals surface area contributed by atoms with Gasteiger partial charge < -0.3 is 15.4 Å². The van der Waals surface area contributed by atoms with E-state index in [4.69, 9.17) is 4.74 Å². The molecule has 1 aromatic carbocycles. The Hall–Kier alpha value is -2.48. The van der Waals surface area contributed by atoms with Crippen molar-refractivity contribution in [2.24, 2.45) is 5.92 Å². The smallest absolute Gasteiger partial charge is 0.408 e. The number of carbonyl (C=O) groups excluding carboxylic acids is 2. The van der Waals surface area contributed by atoms with Crippen molar-refractivity contribution in [2.75, 3.05) is 5.32 Å². The number of rotatable bonds is 6. The fourth-order valence-electron chi connectivity index (χ4n) is 2.43. The molecule has 6 nitrogen and oxygen atoms in total. The van der Waals surface area contributed by atoms with Crippen LogP contribution in [0.1, 0.15) is 41.0 Å². The van der Waals surface area contributed by atoms with Gasteiger partial charge in [-0.1, -0.05) is 13.8 Å². The Bertz CT molecular complexity index is 813. The highest BCUT2D eigenvalue weighted by molar-refractivity contribution is 7.14. The number of hydrogen-bond donors (Lipinski definition) is 2. The minimum absolute atomic E-state index is 0.191. The van der Waals surface area contributed by atoms with Gasteiger partial charge in [0.2, 0.25) is 5.91 Å². The van der Waals surface area contributed by atoms with Gasteiger partial charge in [-0.25, -0.2) is 14.2 Å². The number of carbonyl (C=O) groups is 2. The number of anilines is 1. The number of nitrogens with zero attached hydrogens (tertiary/aromatic N) is 1. The number of halogens is 1. The highest BCUT2D eigenvalue weighted by Crippen LogP contribution is 2.25. The summed E-state index contributed by atoms with van der Waals surface area (Å²) in [6.07, 6.45) is -0.180. The Morgan fingerprint density at radius 3 is 2.43 bits per heavy atom. The van der Waals surface area contributed by atoms with Crippen molar-refractivity contribution in [3.8, 4) is 11.3 Å². The summed E-state index contributed by atoms with van der Waals surface area (Å²) in [6.45, 7) is 9.21. The zero-order valence-corrected chi connectivity index (χ0v) is 17.5. The lowest BCUT2D eigenvalue weighted by molar-refractivity contribution is -0.118. The van der Waals surface area contributed by atoms with Gasteiger partial charge in [-0.05, 0) is 57.4 Å². The molecule has 1 heterocycles. The first-order valence-electron chi connectivity index (χ1n) is 9.05. The molecule has 1 atom stereocenters. The predicted molar refractivity (Wildman–Crippen MR) is 109 cm³/mol. The van der Waals surface area contributed by atoms with E-state index in [1.165, 1.54) is 23.5 Å². The number of aromatic nitrogens is 1. The molecule has 2 rings (SSSR count). The summed E-state index contributed by atoms with van der Waals surface area (Å²) in [5.41, 5.74) is 0.743. The van der Waals surface area contributed by atoms with E-state index in [2.05, 4.69) is 15.6 Å². The molecule has 0 fully saturated rings. The van der Waals surface area contributed by atoms with E-state index in [0.717, 1.165) is 5.56 Å². The van der Waals surface area contributed by atoms with Crippen LogP contribution in [0.2, 0.25) is 0 Å². The van der Waals surface area contributed by atoms with E-state index < -0.39 is 17.7 Å². The summed E-state index contributed by atoms with van der Waals surface area (Å²) >= 11 is 1.26. The second-order valence-corrected chi connectivity index (χ2v) is 8.72. The average molecular weight is 408 g/mol. The first kappa shape index (κ1) is 21.8. The van der Waals surface area contributed by atoms with Gasteiger partial charge in [0.15, 0.2) is 5.13 Å². The highest BCUT2D eigenvalue weighted by atomic mass is 32.1. The van der Waals surface area contributed by atoms with E-state index in [0.29, 0.717) is 17.2 Å². The van der Waals surface area contributed by atoms with Gasteiger partial charge in [-0.15, -0.1) is 11.3 Å². The zero-order chi connectivity index (χ0) is 20.9. The van der Waals surface area contributed by atoms with Gasteiger partial charge in [0.1, 0.15) is 17.5 Å². The van der Waals surface area contributed by atoms with E-state index in [-0.39, 0.29) is 17.6 Å². The molecule has 0 saturated carbocycles. The normalized spacial score (nSPS) is 12.5. The third kappa shape index (κ3) is 6.92. The topological polar surface area (TPSA) is 80.3 Å². The number of nitrogens with one attached hydrogen (secondary N) is 2. The molecule has 2 aromatic rings. The van der Waals surface area contributed by atoms with Crippen molar-refractivity contribution < 1.29 is 18.7 Å². The third-order valence-electron chi connectivity index (χ3n) is 3.59. The fraction of sp³-hybridized carbons (Fsp3) is 0.450. The molecule has 1 aromatic heterocycles. The lowest BCUT2D eigenvalue weighted by Gasteiger charge is -2.23. The molecule has 152 valence electrons. The number of ether oxygens (including phenoxy) is 1. The first-order valence-corrected chi connectivity index (χ1v) is 9.93. The average Bonchev–Trinajstić information content (AvgIpc) is 3.01. The monoisotopic (exact) mass is 407 g/mol. The van der Waals surface area contributed by atoms with Crippen LogP contribution in [0.15, 0.2) is 29.6 Å². The maximum Gasteiger partial charge on any atom is 0.408 e. The Labute approximate surface area is 168 Å². The fourth-order valence-corrected chi connectivity index (χ4v) is 3.15. The van der Waals surface area contributed by atoms with Crippen molar-refractivity contribution in [2.45, 2.75) is 52.7 Å². The standard InChI is InChI=1S/C20H26FN3O3S/c1-12(2)10-15(23-19(26)27-20(3,4)5)17(25)24-18-22-16(11-28-18)13-6-8-14(21)9-7-13/h6-9,11-12,15H,10H2,1-5H3,(H,23,26)(H,22,24,25)/t15-/m0/s1. The van der Waals surface area contributed by atoms with Gasteiger partial charge in [0.05, 0.1) is 5.69 Å². The predicted octanol–water partition coefficient (Wildman–Crippen LogP) is 4.83. The van der Waals surface area contributed by atoms with Gasteiger partial charge in [-0.2, -0.15) is 0 Å². The van der Waals surface area contributed by atoms with E-state index in [9.17, 15) is 14.0 Å². The minimum Gasteiger partial charge on any atom is -0.444 e. The molecule has 0 bridgehead atoms. The molecule has 0 aliphatic carbocycles. The lowest BCUT2D eigenvalue weighted by Crippen LogP contribution is -2.46. The maximum absolute atomic E-state index is 13.1. The first-order chi connectivity index (χ1) is 13.0. The van der Waals surface area contributed by atoms with Crippen LogP contribution in [0.5, 0.6) is 0 Å². The van der Waals surface area contributed by atoms with Crippen LogP contribution in [-0.4, -0.2) is 28.6 Å². The van der Waals surface area contributed by atoms with Crippen LogP contribution in [0, 0.1) is 11.7 Å². The van der Waals surface area contributed by atoms with Crippen molar-refractivity contribution >= 4 is 28.5 Å². The van der Waals surface area contributed by atoms with Crippen LogP contribution in [-0.2, 0) is 9.53 Å². The van der Waals surface area contributed by atoms with Crippen LogP contribution < -0.4 is 10.6 Å². The number of thiazole rings is 1. The molecule has 0 spiro atoms. The molecular formula is C20H26FN3O3S. The van der Waals surface area contributed by atoms with Crippen LogP contribution in [0.4, 0.5) is 14.3 Å². The minimum atomic E-state index is -0.743. The number of amides is 2. The van der Waals surface area contributed by atoms with Crippen molar-refractivity contribution in [1.29, 1.82) is 0 Å². The molecule has 2 amide bonds. The second-order valence-electron chi connectivity index (χ2n) is 7.86. The van der Waals surface area contributed by atoms with E-state index in [1.54, 1.807) is 38.3 Å². The summed E-state index contributed by atoms with van der Waals surface area (Å²) in [7, 11) is 0. The van der Waals surface area contributed by atoms with Crippen molar-refractivity contribution in [3.05, 3.63) is 35.5 Å². The quantitative estimate of drug-likeness (QED) is 0.719. The Morgan fingerprint density at radius 1 is 1.21 bits per heavy atom. The van der Waals surface area contributed by atoms with Gasteiger partial charge in [0.25, 0.3) is 0 Å². The summed E-state index contributed by atoms with van der Waals surface area (Å²) in [5, 5.41) is 7.56. The summed E-state index contributed by atoms with van der Waals surface area (Å²) < 4.78 is 18.3. The molecule has 28 heavy (non-hydrogen) atoms. The Balaban J connectivity index is 2.06. The summed E-state index contributed by atoms with van der Waals surface area (Å²) in [4.78, 5) is 29.1. The zero-order valence-electron chi connectivity index (χ0n) is 16.7. The molecule has 0 radical (unpaired) electrons. The number of alkyl carbamates (subject to hydrolysis) is 1. The molecule has 0 unspecified atom stereocenters. The second kappa shape index (κ2) is 9.14. The Kier molecular flexibility index (Phi) is 7.12. The highest BCUT2D eigenvalue weighted by Gasteiger charge is 2.25. The third-order valence-corrected chi connectivity index (χ3v) is 4.35. The number of benzene rings is 1. The molecular weight excluding hydrogens is 381 g/mol. The summed E-state index contributed by atoms with van der Waals surface area (Å²) in [5.74, 6) is -0.492. The van der Waals surface area contributed by atoms with Crippen molar-refractivity contribution in [3.63, 3.8) is 0 Å².